The summed E-state index contributed by atoms with van der Waals surface area (Å²) in [6, 6.07) is 14.4. The van der Waals surface area contributed by atoms with Crippen LogP contribution in [0.1, 0.15) is 49.0 Å². The topological polar surface area (TPSA) is 66.5 Å². The van der Waals surface area contributed by atoms with Gasteiger partial charge < -0.3 is 5.32 Å². The number of rotatable bonds is 4. The maximum absolute atomic E-state index is 12.9. The largest absolute Gasteiger partial charge is 0.322 e. The normalized spacial score (nSPS) is 23.8. The quantitative estimate of drug-likeness (QED) is 0.786. The van der Waals surface area contributed by atoms with E-state index in [1.54, 1.807) is 24.3 Å². The molecule has 1 saturated heterocycles. The first-order valence-electron chi connectivity index (χ1n) is 10.4. The van der Waals surface area contributed by atoms with E-state index in [4.69, 9.17) is 0 Å². The summed E-state index contributed by atoms with van der Waals surface area (Å²) in [6.45, 7) is 4.18. The number of imide groups is 1. The number of nitrogens with one attached hydrogen (secondary N) is 1. The minimum Gasteiger partial charge on any atom is -0.322 e. The van der Waals surface area contributed by atoms with Crippen LogP contribution in [0, 0.1) is 17.8 Å². The van der Waals surface area contributed by atoms with E-state index in [0.29, 0.717) is 17.2 Å². The molecule has 0 bridgehead atoms. The number of benzene rings is 2. The smallest absolute Gasteiger partial charge is 0.255 e. The fourth-order valence-electron chi connectivity index (χ4n) is 4.55. The van der Waals surface area contributed by atoms with Crippen molar-refractivity contribution in [3.8, 4) is 0 Å². The molecule has 0 spiro atoms. The Morgan fingerprint density at radius 3 is 2.41 bits per heavy atom. The Bertz CT molecular complexity index is 951. The van der Waals surface area contributed by atoms with E-state index >= 15 is 0 Å². The average molecular weight is 390 g/mol. The number of nitrogens with zero attached hydrogens (tertiary/aromatic N) is 1. The maximum atomic E-state index is 12.9. The summed E-state index contributed by atoms with van der Waals surface area (Å²) in [5.41, 5.74) is 2.91. The third-order valence-electron chi connectivity index (χ3n) is 6.22. The summed E-state index contributed by atoms with van der Waals surface area (Å²) in [4.78, 5) is 39.6. The second-order valence-electron chi connectivity index (χ2n) is 8.15. The number of hydrogen-bond donors (Lipinski definition) is 1. The van der Waals surface area contributed by atoms with Crippen molar-refractivity contribution < 1.29 is 14.4 Å². The predicted molar refractivity (Wildman–Crippen MR) is 113 cm³/mol. The molecule has 1 aliphatic heterocycles. The van der Waals surface area contributed by atoms with Crippen molar-refractivity contribution in [3.05, 3.63) is 59.7 Å². The third-order valence-corrected chi connectivity index (χ3v) is 6.22. The number of para-hydroxylation sites is 1. The molecule has 5 heteroatoms. The summed E-state index contributed by atoms with van der Waals surface area (Å²) in [5.74, 6) is -0.308. The van der Waals surface area contributed by atoms with Crippen LogP contribution < -0.4 is 10.2 Å². The maximum Gasteiger partial charge on any atom is 0.255 e. The number of amides is 3. The molecule has 0 radical (unpaired) electrons. The van der Waals surface area contributed by atoms with Crippen molar-refractivity contribution in [1.29, 1.82) is 0 Å². The van der Waals surface area contributed by atoms with Gasteiger partial charge in [-0.25, -0.2) is 0 Å². The van der Waals surface area contributed by atoms with Crippen LogP contribution in [-0.4, -0.2) is 17.7 Å². The number of hydrogen-bond acceptors (Lipinski definition) is 3. The third kappa shape index (κ3) is 3.57. The molecule has 0 unspecified atom stereocenters. The van der Waals surface area contributed by atoms with Gasteiger partial charge in [0.25, 0.3) is 5.91 Å². The Morgan fingerprint density at radius 1 is 1.00 bits per heavy atom. The van der Waals surface area contributed by atoms with E-state index in [-0.39, 0.29) is 29.6 Å². The standard InChI is InChI=1S/C24H26N2O3/c1-3-16-6-4-5-7-21(16)25-22(27)17-9-11-18(12-10-17)26-23(28)19-13-8-15(2)14-20(19)24(26)29/h4-7,9-12,15,19-20H,3,8,13-14H2,1-2H3,(H,25,27)/t15-,19+,20-/m0/s1. The van der Waals surface area contributed by atoms with Crippen LogP contribution in [0.2, 0.25) is 0 Å². The molecule has 3 atom stereocenters. The van der Waals surface area contributed by atoms with Gasteiger partial charge in [0.1, 0.15) is 0 Å². The first-order chi connectivity index (χ1) is 14.0. The lowest BCUT2D eigenvalue weighted by molar-refractivity contribution is -0.122. The molecule has 1 saturated carbocycles. The fraction of sp³-hybridized carbons (Fsp3) is 0.375. The molecule has 2 aromatic carbocycles. The van der Waals surface area contributed by atoms with E-state index in [2.05, 4.69) is 12.2 Å². The molecule has 3 amide bonds. The molecule has 2 aromatic rings. The molecular weight excluding hydrogens is 364 g/mol. The summed E-state index contributed by atoms with van der Waals surface area (Å²) < 4.78 is 0. The van der Waals surface area contributed by atoms with E-state index in [1.165, 1.54) is 4.90 Å². The van der Waals surface area contributed by atoms with E-state index in [1.807, 2.05) is 31.2 Å². The summed E-state index contributed by atoms with van der Waals surface area (Å²) in [7, 11) is 0. The molecule has 1 heterocycles. The van der Waals surface area contributed by atoms with Crippen LogP contribution in [0.3, 0.4) is 0 Å². The SMILES string of the molecule is CCc1ccccc1NC(=O)c1ccc(N2C(=O)[C@H]3C[C@@H](C)CC[C@H]3C2=O)cc1. The zero-order chi connectivity index (χ0) is 20.5. The highest BCUT2D eigenvalue weighted by Crippen LogP contribution is 2.42. The van der Waals surface area contributed by atoms with Crippen molar-refractivity contribution in [1.82, 2.24) is 0 Å². The zero-order valence-corrected chi connectivity index (χ0v) is 16.9. The van der Waals surface area contributed by atoms with Gasteiger partial charge >= 0.3 is 0 Å². The molecule has 0 aromatic heterocycles. The van der Waals surface area contributed by atoms with Gasteiger partial charge in [0.05, 0.1) is 17.5 Å². The molecule has 1 N–H and O–H groups in total. The lowest BCUT2D eigenvalue weighted by Crippen LogP contribution is -2.30. The van der Waals surface area contributed by atoms with Gasteiger partial charge in [0, 0.05) is 11.3 Å². The highest BCUT2D eigenvalue weighted by molar-refractivity contribution is 6.22. The van der Waals surface area contributed by atoms with Crippen LogP contribution in [0.5, 0.6) is 0 Å². The van der Waals surface area contributed by atoms with Crippen LogP contribution in [0.15, 0.2) is 48.5 Å². The summed E-state index contributed by atoms with van der Waals surface area (Å²) >= 11 is 0. The minimum absolute atomic E-state index is 0.0963. The summed E-state index contributed by atoms with van der Waals surface area (Å²) in [6.07, 6.45) is 3.38. The number of fused-ring (bicyclic) bond motifs is 1. The van der Waals surface area contributed by atoms with Gasteiger partial charge in [-0.2, -0.15) is 0 Å². The van der Waals surface area contributed by atoms with E-state index < -0.39 is 0 Å². The molecule has 2 aliphatic rings. The second kappa shape index (κ2) is 7.82. The lowest BCUT2D eigenvalue weighted by atomic mass is 9.76. The van der Waals surface area contributed by atoms with Crippen LogP contribution >= 0.6 is 0 Å². The van der Waals surface area contributed by atoms with Crippen LogP contribution in [-0.2, 0) is 16.0 Å². The number of aryl methyl sites for hydroxylation is 1. The monoisotopic (exact) mass is 390 g/mol. The average Bonchev–Trinajstić information content (AvgIpc) is 2.98. The van der Waals surface area contributed by atoms with Gasteiger partial charge in [0.2, 0.25) is 11.8 Å². The summed E-state index contributed by atoms with van der Waals surface area (Å²) in [5, 5.41) is 2.94. The predicted octanol–water partition coefficient (Wildman–Crippen LogP) is 4.43. The highest BCUT2D eigenvalue weighted by atomic mass is 16.2. The van der Waals surface area contributed by atoms with Gasteiger partial charge in [-0.3, -0.25) is 19.3 Å². The van der Waals surface area contributed by atoms with Crippen molar-refractivity contribution in [2.75, 3.05) is 10.2 Å². The number of carbonyl (C=O) groups is 3. The molecule has 150 valence electrons. The van der Waals surface area contributed by atoms with Crippen LogP contribution in [0.4, 0.5) is 11.4 Å². The van der Waals surface area contributed by atoms with Crippen molar-refractivity contribution in [3.63, 3.8) is 0 Å². The molecule has 1 aliphatic carbocycles. The van der Waals surface area contributed by atoms with E-state index in [0.717, 1.165) is 36.9 Å². The second-order valence-corrected chi connectivity index (χ2v) is 8.15. The Hall–Kier alpha value is -2.95. The van der Waals surface area contributed by atoms with Crippen molar-refractivity contribution >= 4 is 29.1 Å². The molecule has 2 fully saturated rings. The number of anilines is 2. The Morgan fingerprint density at radius 2 is 1.69 bits per heavy atom. The Kier molecular flexibility index (Phi) is 5.22. The number of carbonyl (C=O) groups excluding carboxylic acids is 3. The van der Waals surface area contributed by atoms with Gasteiger partial charge in [-0.05, 0) is 67.5 Å². The minimum atomic E-state index is -0.209. The lowest BCUT2D eigenvalue weighted by Gasteiger charge is -2.25. The first kappa shape index (κ1) is 19.4. The van der Waals surface area contributed by atoms with Crippen molar-refractivity contribution in [2.24, 2.45) is 17.8 Å². The van der Waals surface area contributed by atoms with Crippen molar-refractivity contribution in [2.45, 2.75) is 39.5 Å². The fourth-order valence-corrected chi connectivity index (χ4v) is 4.55. The first-order valence-corrected chi connectivity index (χ1v) is 10.4. The molecule has 4 rings (SSSR count). The van der Waals surface area contributed by atoms with E-state index in [9.17, 15) is 14.4 Å². The zero-order valence-electron chi connectivity index (χ0n) is 16.9. The van der Waals surface area contributed by atoms with Crippen LogP contribution in [0.25, 0.3) is 0 Å². The Balaban J connectivity index is 1.51. The van der Waals surface area contributed by atoms with Gasteiger partial charge in [-0.15, -0.1) is 0 Å². The molecular formula is C24H26N2O3. The van der Waals surface area contributed by atoms with Gasteiger partial charge in [0.15, 0.2) is 0 Å². The molecule has 29 heavy (non-hydrogen) atoms. The van der Waals surface area contributed by atoms with Gasteiger partial charge in [-0.1, -0.05) is 32.0 Å². The molecule has 5 nitrogen and oxygen atoms in total. The Labute approximate surface area is 171 Å². The highest BCUT2D eigenvalue weighted by Gasteiger charge is 2.49.